The predicted molar refractivity (Wildman–Crippen MR) is 142 cm³/mol. The van der Waals surface area contributed by atoms with Gasteiger partial charge in [-0.05, 0) is 49.6 Å². The molecule has 9 nitrogen and oxygen atoms in total. The Morgan fingerprint density at radius 2 is 2.00 bits per heavy atom. The first kappa shape index (κ1) is 27.0. The largest absolute Gasteiger partial charge is 0.474 e. The number of morpholine rings is 1. The highest BCUT2D eigenvalue weighted by Gasteiger charge is 2.34. The molecule has 0 spiro atoms. The van der Waals surface area contributed by atoms with Crippen molar-refractivity contribution in [3.05, 3.63) is 53.0 Å². The highest BCUT2D eigenvalue weighted by atomic mass is 19.1. The Morgan fingerprint density at radius 1 is 1.18 bits per heavy atom. The van der Waals surface area contributed by atoms with Gasteiger partial charge >= 0.3 is 0 Å². The number of aliphatic hydroxyl groups is 1. The number of nitrogens with zero attached hydrogens (tertiary/aromatic N) is 4. The van der Waals surface area contributed by atoms with Crippen LogP contribution >= 0.6 is 0 Å². The molecule has 0 bridgehead atoms. The van der Waals surface area contributed by atoms with Crippen molar-refractivity contribution in [1.82, 2.24) is 20.1 Å². The first-order chi connectivity index (χ1) is 18.4. The molecule has 1 aromatic heterocycles. The van der Waals surface area contributed by atoms with Crippen molar-refractivity contribution in [3.63, 3.8) is 0 Å². The maximum absolute atomic E-state index is 13.8. The lowest BCUT2D eigenvalue weighted by Gasteiger charge is -2.44. The highest BCUT2D eigenvalue weighted by Crippen LogP contribution is 2.33. The van der Waals surface area contributed by atoms with Crippen molar-refractivity contribution >= 4 is 11.6 Å². The van der Waals surface area contributed by atoms with Gasteiger partial charge in [-0.25, -0.2) is 9.37 Å². The number of carbonyl (C=O) groups excluding carboxylic acids is 1. The zero-order chi connectivity index (χ0) is 26.6. The fourth-order valence-corrected chi connectivity index (χ4v) is 5.55. The van der Waals surface area contributed by atoms with Gasteiger partial charge in [-0.15, -0.1) is 0 Å². The van der Waals surface area contributed by atoms with E-state index in [1.807, 2.05) is 6.07 Å². The van der Waals surface area contributed by atoms with Crippen LogP contribution in [0.1, 0.15) is 30.7 Å². The van der Waals surface area contributed by atoms with Crippen molar-refractivity contribution in [1.29, 1.82) is 0 Å². The molecule has 10 heteroatoms. The van der Waals surface area contributed by atoms with E-state index in [-0.39, 0.29) is 24.4 Å². The topological polar surface area (TPSA) is 90.4 Å². The molecule has 0 aliphatic carbocycles. The number of carbonyl (C=O) groups is 1. The highest BCUT2D eigenvalue weighted by molar-refractivity contribution is 5.96. The molecule has 2 N–H and O–H groups in total. The van der Waals surface area contributed by atoms with Crippen LogP contribution in [0.4, 0.5) is 10.1 Å². The second kappa shape index (κ2) is 12.0. The standard InChI is InChI=1S/C28H38FN5O4/c1-19-14-33(24(13-30-19)15-32-7-9-37-18-20(32)2)16-27(36)34-8-10-38-28-26(34)12-22(25(17-35)31-28)11-21-3-5-23(29)6-4-21/h3-6,12,19-20,24,30,35H,7-11,13-18H2,1-2H3/t19-,20?,24-/m1/s1. The summed E-state index contributed by atoms with van der Waals surface area (Å²) < 4.78 is 24.8. The zero-order valence-corrected chi connectivity index (χ0v) is 22.2. The van der Waals surface area contributed by atoms with Crippen molar-refractivity contribution in [3.8, 4) is 5.88 Å². The number of aliphatic hydroxyl groups excluding tert-OH is 1. The van der Waals surface area contributed by atoms with Crippen LogP contribution in [0.3, 0.4) is 0 Å². The van der Waals surface area contributed by atoms with E-state index < -0.39 is 0 Å². The van der Waals surface area contributed by atoms with Gasteiger partial charge in [-0.2, -0.15) is 0 Å². The maximum atomic E-state index is 13.8. The van der Waals surface area contributed by atoms with Crippen LogP contribution in [-0.4, -0.2) is 103 Å². The molecule has 3 atom stereocenters. The Kier molecular flexibility index (Phi) is 8.54. The Bertz CT molecular complexity index is 1120. The summed E-state index contributed by atoms with van der Waals surface area (Å²) in [7, 11) is 0. The van der Waals surface area contributed by atoms with Crippen LogP contribution < -0.4 is 15.0 Å². The van der Waals surface area contributed by atoms with E-state index in [0.717, 1.165) is 50.5 Å². The van der Waals surface area contributed by atoms with Crippen LogP contribution in [-0.2, 0) is 22.6 Å². The molecular weight excluding hydrogens is 489 g/mol. The normalized spacial score (nSPS) is 24.6. The number of rotatable bonds is 7. The van der Waals surface area contributed by atoms with E-state index in [9.17, 15) is 14.3 Å². The van der Waals surface area contributed by atoms with Crippen molar-refractivity contribution in [2.75, 3.05) is 64.0 Å². The molecule has 2 aromatic rings. The molecular formula is C28H38FN5O4. The Balaban J connectivity index is 1.34. The van der Waals surface area contributed by atoms with Gasteiger partial charge < -0.3 is 24.8 Å². The number of pyridine rings is 1. The third-order valence-corrected chi connectivity index (χ3v) is 7.76. The summed E-state index contributed by atoms with van der Waals surface area (Å²) in [5, 5.41) is 13.5. The number of amides is 1. The lowest BCUT2D eigenvalue weighted by Crippen LogP contribution is -2.62. The van der Waals surface area contributed by atoms with Gasteiger partial charge in [0.25, 0.3) is 0 Å². The average Bonchev–Trinajstić information content (AvgIpc) is 2.92. The Morgan fingerprint density at radius 3 is 2.76 bits per heavy atom. The quantitative estimate of drug-likeness (QED) is 0.559. The third-order valence-electron chi connectivity index (χ3n) is 7.76. The van der Waals surface area contributed by atoms with E-state index in [1.54, 1.807) is 17.0 Å². The number of halogens is 1. The van der Waals surface area contributed by atoms with Gasteiger partial charge in [0.1, 0.15) is 18.1 Å². The second-order valence-corrected chi connectivity index (χ2v) is 10.6. The van der Waals surface area contributed by atoms with E-state index in [4.69, 9.17) is 9.47 Å². The van der Waals surface area contributed by atoms with Crippen LogP contribution in [0.15, 0.2) is 30.3 Å². The Hall–Kier alpha value is -2.63. The lowest BCUT2D eigenvalue weighted by atomic mass is 10.0. The summed E-state index contributed by atoms with van der Waals surface area (Å²) >= 11 is 0. The number of hydrogen-bond acceptors (Lipinski definition) is 8. The van der Waals surface area contributed by atoms with Gasteiger partial charge in [0.15, 0.2) is 0 Å². The Labute approximate surface area is 223 Å². The summed E-state index contributed by atoms with van der Waals surface area (Å²) in [5.41, 5.74) is 2.80. The van der Waals surface area contributed by atoms with Crippen molar-refractivity contribution in [2.24, 2.45) is 0 Å². The molecule has 1 aromatic carbocycles. The number of ether oxygens (including phenoxy) is 2. The van der Waals surface area contributed by atoms with Gasteiger partial charge in [0.2, 0.25) is 11.8 Å². The number of anilines is 1. The maximum Gasteiger partial charge on any atom is 0.241 e. The first-order valence-corrected chi connectivity index (χ1v) is 13.5. The number of nitrogens with one attached hydrogen (secondary N) is 1. The molecule has 2 fully saturated rings. The van der Waals surface area contributed by atoms with E-state index >= 15 is 0 Å². The number of hydrogen-bond donors (Lipinski definition) is 2. The molecule has 206 valence electrons. The monoisotopic (exact) mass is 527 g/mol. The molecule has 1 unspecified atom stereocenters. The minimum atomic E-state index is -0.298. The average molecular weight is 528 g/mol. The molecule has 3 aliphatic rings. The molecule has 3 aliphatic heterocycles. The number of aromatic nitrogens is 1. The summed E-state index contributed by atoms with van der Waals surface area (Å²) in [5.74, 6) is 0.0762. The predicted octanol–water partition coefficient (Wildman–Crippen LogP) is 1.41. The fourth-order valence-electron chi connectivity index (χ4n) is 5.55. The molecule has 5 rings (SSSR count). The molecule has 4 heterocycles. The zero-order valence-electron chi connectivity index (χ0n) is 22.2. The molecule has 38 heavy (non-hydrogen) atoms. The summed E-state index contributed by atoms with van der Waals surface area (Å²) in [4.78, 5) is 24.8. The fraction of sp³-hybridized carbons (Fsp3) is 0.571. The van der Waals surface area contributed by atoms with E-state index in [1.165, 1.54) is 12.1 Å². The number of piperazine rings is 1. The van der Waals surface area contributed by atoms with Gasteiger partial charge in [-0.1, -0.05) is 12.1 Å². The smallest absolute Gasteiger partial charge is 0.241 e. The van der Waals surface area contributed by atoms with Crippen LogP contribution in [0.5, 0.6) is 5.88 Å². The molecule has 0 radical (unpaired) electrons. The number of benzene rings is 1. The van der Waals surface area contributed by atoms with Gasteiger partial charge in [0.05, 0.1) is 38.6 Å². The summed E-state index contributed by atoms with van der Waals surface area (Å²) in [6.07, 6.45) is 0.466. The first-order valence-electron chi connectivity index (χ1n) is 13.5. The van der Waals surface area contributed by atoms with Gasteiger partial charge in [0, 0.05) is 44.3 Å². The lowest BCUT2D eigenvalue weighted by molar-refractivity contribution is -0.121. The van der Waals surface area contributed by atoms with Crippen molar-refractivity contribution < 1.29 is 23.8 Å². The SMILES string of the molecule is CC1COCCN1C[C@H]1CN[C@H](C)CN1CC(=O)N1CCOc2nc(CO)c(Cc3ccc(F)cc3)cc21. The summed E-state index contributed by atoms with van der Waals surface area (Å²) in [6.45, 7) is 10.1. The minimum Gasteiger partial charge on any atom is -0.474 e. The molecule has 2 saturated heterocycles. The van der Waals surface area contributed by atoms with Crippen molar-refractivity contribution in [2.45, 2.75) is 45.0 Å². The molecule has 1 amide bonds. The number of fused-ring (bicyclic) bond motifs is 1. The van der Waals surface area contributed by atoms with Crippen LogP contribution in [0.25, 0.3) is 0 Å². The second-order valence-electron chi connectivity index (χ2n) is 10.6. The van der Waals surface area contributed by atoms with Crippen LogP contribution in [0.2, 0.25) is 0 Å². The van der Waals surface area contributed by atoms with E-state index in [2.05, 4.69) is 33.9 Å². The third kappa shape index (κ3) is 6.16. The minimum absolute atomic E-state index is 0.00922. The van der Waals surface area contributed by atoms with Crippen LogP contribution in [0, 0.1) is 5.82 Å². The molecule has 0 saturated carbocycles. The van der Waals surface area contributed by atoms with E-state index in [0.29, 0.717) is 55.5 Å². The van der Waals surface area contributed by atoms with Gasteiger partial charge in [-0.3, -0.25) is 14.6 Å². The summed E-state index contributed by atoms with van der Waals surface area (Å²) in [6, 6.07) is 9.05.